The molecule has 3 rings (SSSR count). The maximum absolute atomic E-state index is 12.5. The molecule has 6 heteroatoms. The second-order valence-corrected chi connectivity index (χ2v) is 7.75. The fraction of sp³-hybridized carbons (Fsp3) is 0.318. The fourth-order valence-corrected chi connectivity index (χ4v) is 2.70. The molecule has 28 heavy (non-hydrogen) atoms. The molecule has 0 bridgehead atoms. The normalized spacial score (nSPS) is 12.4. The van der Waals surface area contributed by atoms with Gasteiger partial charge in [0.05, 0.1) is 12.2 Å². The molecule has 0 saturated heterocycles. The lowest BCUT2D eigenvalue weighted by molar-refractivity contribution is -0.122. The number of anilines is 1. The fourth-order valence-electron chi connectivity index (χ4n) is 2.70. The van der Waals surface area contributed by atoms with Gasteiger partial charge in [-0.1, -0.05) is 39.0 Å². The molecule has 3 aromatic rings. The molecular formula is C22H26N4O2. The van der Waals surface area contributed by atoms with E-state index in [4.69, 9.17) is 4.74 Å². The van der Waals surface area contributed by atoms with Gasteiger partial charge in [0.15, 0.2) is 11.9 Å². The highest BCUT2D eigenvalue weighted by Gasteiger charge is 2.18. The van der Waals surface area contributed by atoms with Crippen molar-refractivity contribution < 1.29 is 9.53 Å². The predicted octanol–water partition coefficient (Wildman–Crippen LogP) is 4.03. The van der Waals surface area contributed by atoms with E-state index in [2.05, 4.69) is 42.2 Å². The molecule has 0 aliphatic carbocycles. The van der Waals surface area contributed by atoms with Gasteiger partial charge in [-0.2, -0.15) is 5.10 Å². The molecule has 1 amide bonds. The highest BCUT2D eigenvalue weighted by molar-refractivity contribution is 5.93. The average Bonchev–Trinajstić information content (AvgIpc) is 3.09. The number of carbonyl (C=O) groups excluding carboxylic acids is 1. The highest BCUT2D eigenvalue weighted by Crippen LogP contribution is 2.26. The van der Waals surface area contributed by atoms with Crippen LogP contribution in [0, 0.1) is 0 Å². The van der Waals surface area contributed by atoms with E-state index in [1.54, 1.807) is 23.9 Å². The number of carbonyl (C=O) groups is 1. The summed E-state index contributed by atoms with van der Waals surface area (Å²) in [6.07, 6.45) is 2.91. The largest absolute Gasteiger partial charge is 0.481 e. The van der Waals surface area contributed by atoms with Crippen LogP contribution < -0.4 is 10.1 Å². The summed E-state index contributed by atoms with van der Waals surface area (Å²) in [7, 11) is 0. The zero-order valence-corrected chi connectivity index (χ0v) is 16.7. The highest BCUT2D eigenvalue weighted by atomic mass is 16.5. The third kappa shape index (κ3) is 5.19. The summed E-state index contributed by atoms with van der Waals surface area (Å²) in [5.74, 6) is 0.917. The van der Waals surface area contributed by atoms with Crippen molar-refractivity contribution in [3.63, 3.8) is 0 Å². The van der Waals surface area contributed by atoms with Gasteiger partial charge in [0, 0.05) is 18.5 Å². The topological polar surface area (TPSA) is 69.0 Å². The first-order chi connectivity index (χ1) is 13.3. The first kappa shape index (κ1) is 19.6. The number of ether oxygens (including phenoxy) is 1. The van der Waals surface area contributed by atoms with Gasteiger partial charge in [0.25, 0.3) is 5.91 Å². The summed E-state index contributed by atoms with van der Waals surface area (Å²) in [6, 6.07) is 15.3. The van der Waals surface area contributed by atoms with Crippen molar-refractivity contribution in [2.24, 2.45) is 0 Å². The molecule has 0 spiro atoms. The van der Waals surface area contributed by atoms with Crippen LogP contribution in [0.1, 0.15) is 39.0 Å². The van der Waals surface area contributed by atoms with E-state index in [1.807, 2.05) is 42.6 Å². The predicted molar refractivity (Wildman–Crippen MR) is 109 cm³/mol. The zero-order valence-electron chi connectivity index (χ0n) is 16.7. The lowest BCUT2D eigenvalue weighted by Gasteiger charge is -2.21. The SMILES string of the molecule is CC(Oc1cccc(C(C)(C)C)c1)C(=O)Nc1ccn(Cc2ccccn2)n1. The van der Waals surface area contributed by atoms with E-state index in [9.17, 15) is 4.79 Å². The second-order valence-electron chi connectivity index (χ2n) is 7.75. The Bertz CT molecular complexity index is 929. The Labute approximate surface area is 165 Å². The van der Waals surface area contributed by atoms with Gasteiger partial charge in [-0.3, -0.25) is 14.5 Å². The standard InChI is InChI=1S/C22H26N4O2/c1-16(28-19-10-7-8-17(14-19)22(2,3)4)21(27)24-20-11-13-26(25-20)15-18-9-5-6-12-23-18/h5-14,16H,15H2,1-4H3,(H,24,25,27). The number of hydrogen-bond acceptors (Lipinski definition) is 4. The summed E-state index contributed by atoms with van der Waals surface area (Å²) in [4.78, 5) is 16.7. The van der Waals surface area contributed by atoms with Crippen LogP contribution in [0.5, 0.6) is 5.75 Å². The molecule has 6 nitrogen and oxygen atoms in total. The van der Waals surface area contributed by atoms with E-state index in [0.717, 1.165) is 11.3 Å². The first-order valence-electron chi connectivity index (χ1n) is 9.33. The van der Waals surface area contributed by atoms with Gasteiger partial charge in [0.1, 0.15) is 5.75 Å². The molecule has 0 saturated carbocycles. The van der Waals surface area contributed by atoms with Crippen molar-refractivity contribution >= 4 is 11.7 Å². The van der Waals surface area contributed by atoms with Gasteiger partial charge >= 0.3 is 0 Å². The summed E-state index contributed by atoms with van der Waals surface area (Å²) in [6.45, 7) is 8.70. The van der Waals surface area contributed by atoms with Crippen LogP contribution >= 0.6 is 0 Å². The van der Waals surface area contributed by atoms with Crippen LogP contribution in [-0.2, 0) is 16.8 Å². The molecule has 1 unspecified atom stereocenters. The van der Waals surface area contributed by atoms with Crippen LogP contribution in [0.3, 0.4) is 0 Å². The second kappa shape index (κ2) is 8.25. The van der Waals surface area contributed by atoms with E-state index in [-0.39, 0.29) is 11.3 Å². The van der Waals surface area contributed by atoms with Gasteiger partial charge in [-0.15, -0.1) is 0 Å². The van der Waals surface area contributed by atoms with E-state index < -0.39 is 6.10 Å². The molecule has 0 aliphatic rings. The Hall–Kier alpha value is -3.15. The number of aromatic nitrogens is 3. The van der Waals surface area contributed by atoms with Crippen LogP contribution in [0.4, 0.5) is 5.82 Å². The summed E-state index contributed by atoms with van der Waals surface area (Å²) in [5, 5.41) is 7.17. The zero-order chi connectivity index (χ0) is 20.1. The summed E-state index contributed by atoms with van der Waals surface area (Å²) >= 11 is 0. The van der Waals surface area contributed by atoms with Crippen molar-refractivity contribution in [3.8, 4) is 5.75 Å². The summed E-state index contributed by atoms with van der Waals surface area (Å²) in [5.41, 5.74) is 2.08. The van der Waals surface area contributed by atoms with Crippen molar-refractivity contribution in [2.45, 2.75) is 45.8 Å². The third-order valence-electron chi connectivity index (χ3n) is 4.32. The number of pyridine rings is 1. The van der Waals surface area contributed by atoms with Crippen LogP contribution in [-0.4, -0.2) is 26.8 Å². The Kier molecular flexibility index (Phi) is 5.78. The molecule has 146 valence electrons. The molecule has 0 aliphatic heterocycles. The Morgan fingerprint density at radius 3 is 2.71 bits per heavy atom. The van der Waals surface area contributed by atoms with E-state index in [1.165, 1.54) is 0 Å². The molecule has 1 aromatic carbocycles. The maximum atomic E-state index is 12.5. The Morgan fingerprint density at radius 2 is 2.00 bits per heavy atom. The van der Waals surface area contributed by atoms with E-state index in [0.29, 0.717) is 18.1 Å². The van der Waals surface area contributed by atoms with Gasteiger partial charge < -0.3 is 10.1 Å². The van der Waals surface area contributed by atoms with Crippen LogP contribution in [0.2, 0.25) is 0 Å². The lowest BCUT2D eigenvalue weighted by atomic mass is 9.87. The van der Waals surface area contributed by atoms with Crippen molar-refractivity contribution in [2.75, 3.05) is 5.32 Å². The molecule has 2 heterocycles. The molecular weight excluding hydrogens is 352 g/mol. The summed E-state index contributed by atoms with van der Waals surface area (Å²) < 4.78 is 7.56. The van der Waals surface area contributed by atoms with Crippen molar-refractivity contribution in [1.82, 2.24) is 14.8 Å². The van der Waals surface area contributed by atoms with Gasteiger partial charge in [-0.25, -0.2) is 0 Å². The maximum Gasteiger partial charge on any atom is 0.266 e. The van der Waals surface area contributed by atoms with Gasteiger partial charge in [0.2, 0.25) is 0 Å². The number of rotatable bonds is 6. The lowest BCUT2D eigenvalue weighted by Crippen LogP contribution is -2.30. The Morgan fingerprint density at radius 1 is 1.18 bits per heavy atom. The monoisotopic (exact) mass is 378 g/mol. The number of hydrogen-bond donors (Lipinski definition) is 1. The van der Waals surface area contributed by atoms with Crippen LogP contribution in [0.25, 0.3) is 0 Å². The van der Waals surface area contributed by atoms with E-state index >= 15 is 0 Å². The molecule has 1 atom stereocenters. The molecule has 1 N–H and O–H groups in total. The van der Waals surface area contributed by atoms with Crippen LogP contribution in [0.15, 0.2) is 60.9 Å². The quantitative estimate of drug-likeness (QED) is 0.703. The van der Waals surface area contributed by atoms with Crippen molar-refractivity contribution in [1.29, 1.82) is 0 Å². The number of nitrogens with zero attached hydrogens (tertiary/aromatic N) is 3. The molecule has 2 aromatic heterocycles. The number of amides is 1. The first-order valence-corrected chi connectivity index (χ1v) is 9.33. The number of benzene rings is 1. The molecule has 0 radical (unpaired) electrons. The minimum atomic E-state index is -0.642. The smallest absolute Gasteiger partial charge is 0.266 e. The average molecular weight is 378 g/mol. The van der Waals surface area contributed by atoms with Crippen molar-refractivity contribution in [3.05, 3.63) is 72.2 Å². The molecule has 0 fully saturated rings. The minimum Gasteiger partial charge on any atom is -0.481 e. The number of nitrogens with one attached hydrogen (secondary N) is 1. The third-order valence-corrected chi connectivity index (χ3v) is 4.32. The van der Waals surface area contributed by atoms with Gasteiger partial charge in [-0.05, 0) is 42.2 Å². The minimum absolute atomic E-state index is 0.0192. The Balaban J connectivity index is 1.59.